The molecule has 1 N–H and O–H groups in total. The zero-order valence-corrected chi connectivity index (χ0v) is 15.4. The Bertz CT molecular complexity index is 1000. The van der Waals surface area contributed by atoms with Crippen LogP contribution in [0.3, 0.4) is 0 Å². The lowest BCUT2D eigenvalue weighted by Gasteiger charge is -2.05. The summed E-state index contributed by atoms with van der Waals surface area (Å²) in [5.74, 6) is 0.152. The summed E-state index contributed by atoms with van der Waals surface area (Å²) >= 11 is 1.21. The molecule has 0 aliphatic rings. The molecule has 0 unspecified atom stereocenters. The molecule has 3 rings (SSSR count). The number of hydrogen-bond donors (Lipinski definition) is 1. The Labute approximate surface area is 159 Å². The number of aryl methyl sites for hydroxylation is 1. The smallest absolute Gasteiger partial charge is 0.285 e. The second-order valence-corrected chi connectivity index (χ2v) is 6.73. The van der Waals surface area contributed by atoms with Crippen LogP contribution in [-0.4, -0.2) is 28.1 Å². The summed E-state index contributed by atoms with van der Waals surface area (Å²) in [4.78, 5) is 23.2. The van der Waals surface area contributed by atoms with Gasteiger partial charge in [-0.3, -0.25) is 20.2 Å². The summed E-state index contributed by atoms with van der Waals surface area (Å²) in [5.41, 5.74) is 1.14. The van der Waals surface area contributed by atoms with Gasteiger partial charge in [-0.1, -0.05) is 41.7 Å². The third-order valence-corrected chi connectivity index (χ3v) is 4.73. The highest BCUT2D eigenvalue weighted by Crippen LogP contribution is 2.26. The molecule has 0 aliphatic heterocycles. The van der Waals surface area contributed by atoms with E-state index in [-0.39, 0.29) is 16.4 Å². The molecule has 27 heavy (non-hydrogen) atoms. The number of carbonyl (C=O) groups excluding carboxylic acids is 1. The maximum Gasteiger partial charge on any atom is 0.285 e. The van der Waals surface area contributed by atoms with Gasteiger partial charge in [0.2, 0.25) is 5.13 Å². The van der Waals surface area contributed by atoms with Gasteiger partial charge >= 0.3 is 0 Å². The zero-order valence-electron chi connectivity index (χ0n) is 14.6. The van der Waals surface area contributed by atoms with Crippen molar-refractivity contribution in [3.8, 4) is 5.75 Å². The molecule has 138 valence electrons. The minimum atomic E-state index is -0.592. The lowest BCUT2D eigenvalue weighted by molar-refractivity contribution is -0.385. The molecule has 1 aromatic heterocycles. The Morgan fingerprint density at radius 2 is 2.00 bits per heavy atom. The Morgan fingerprint density at radius 3 is 2.74 bits per heavy atom. The lowest BCUT2D eigenvalue weighted by Crippen LogP contribution is -2.14. The van der Waals surface area contributed by atoms with Crippen LogP contribution >= 0.6 is 11.3 Å². The van der Waals surface area contributed by atoms with E-state index in [0.29, 0.717) is 17.0 Å². The molecule has 9 heteroatoms. The largest absolute Gasteiger partial charge is 0.496 e. The predicted octanol–water partition coefficient (Wildman–Crippen LogP) is 3.61. The van der Waals surface area contributed by atoms with E-state index in [0.717, 1.165) is 11.3 Å². The van der Waals surface area contributed by atoms with Gasteiger partial charge in [0.15, 0.2) is 0 Å². The molecule has 0 fully saturated rings. The van der Waals surface area contributed by atoms with Crippen molar-refractivity contribution in [1.29, 1.82) is 0 Å². The number of nitrogens with zero attached hydrogens (tertiary/aromatic N) is 3. The van der Waals surface area contributed by atoms with Crippen LogP contribution < -0.4 is 10.1 Å². The highest BCUT2D eigenvalue weighted by molar-refractivity contribution is 7.15. The molecule has 0 saturated heterocycles. The van der Waals surface area contributed by atoms with Gasteiger partial charge in [-0.2, -0.15) is 0 Å². The molecule has 0 atom stereocenters. The second kappa shape index (κ2) is 7.92. The summed E-state index contributed by atoms with van der Waals surface area (Å²) in [6, 6.07) is 12.2. The molecule has 0 bridgehead atoms. The highest BCUT2D eigenvalue weighted by atomic mass is 32.1. The first-order valence-corrected chi connectivity index (χ1v) is 8.81. The number of nitro benzene ring substituents is 1. The number of carbonyl (C=O) groups is 1. The number of amides is 1. The molecule has 0 radical (unpaired) electrons. The number of aromatic nitrogens is 2. The highest BCUT2D eigenvalue weighted by Gasteiger charge is 2.23. The van der Waals surface area contributed by atoms with E-state index in [4.69, 9.17) is 4.74 Å². The van der Waals surface area contributed by atoms with Gasteiger partial charge in [0.1, 0.15) is 16.3 Å². The van der Waals surface area contributed by atoms with E-state index in [1.165, 1.54) is 17.4 Å². The minimum Gasteiger partial charge on any atom is -0.496 e. The average Bonchev–Trinajstić information content (AvgIpc) is 3.08. The van der Waals surface area contributed by atoms with Crippen molar-refractivity contribution in [2.24, 2.45) is 0 Å². The van der Waals surface area contributed by atoms with Crippen molar-refractivity contribution in [1.82, 2.24) is 10.2 Å². The van der Waals surface area contributed by atoms with Crippen LogP contribution in [-0.2, 0) is 6.42 Å². The number of nitro groups is 1. The van der Waals surface area contributed by atoms with Gasteiger partial charge in [-0.05, 0) is 19.1 Å². The SMILES string of the molecule is COc1ccccc1Cc1nnc(NC(=O)c2cccc(C)c2[N+](=O)[O-])s1. The van der Waals surface area contributed by atoms with Crippen molar-refractivity contribution in [2.45, 2.75) is 13.3 Å². The normalized spacial score (nSPS) is 10.4. The molecule has 0 aliphatic carbocycles. The molecule has 2 aromatic carbocycles. The van der Waals surface area contributed by atoms with Crippen LogP contribution in [0, 0.1) is 17.0 Å². The van der Waals surface area contributed by atoms with Crippen molar-refractivity contribution in [3.63, 3.8) is 0 Å². The fraction of sp³-hybridized carbons (Fsp3) is 0.167. The second-order valence-electron chi connectivity index (χ2n) is 5.67. The average molecular weight is 384 g/mol. The Hall–Kier alpha value is -3.33. The van der Waals surface area contributed by atoms with Crippen LogP contribution in [0.4, 0.5) is 10.8 Å². The third-order valence-electron chi connectivity index (χ3n) is 3.89. The lowest BCUT2D eigenvalue weighted by atomic mass is 10.1. The summed E-state index contributed by atoms with van der Waals surface area (Å²) < 4.78 is 5.32. The maximum absolute atomic E-state index is 12.5. The number of rotatable bonds is 6. The van der Waals surface area contributed by atoms with Crippen LogP contribution in [0.1, 0.15) is 26.5 Å². The third kappa shape index (κ3) is 4.09. The van der Waals surface area contributed by atoms with E-state index < -0.39 is 10.8 Å². The Morgan fingerprint density at radius 1 is 1.22 bits per heavy atom. The van der Waals surface area contributed by atoms with Gasteiger partial charge in [0, 0.05) is 17.5 Å². The van der Waals surface area contributed by atoms with Gasteiger partial charge < -0.3 is 4.74 Å². The van der Waals surface area contributed by atoms with Crippen LogP contribution in [0.2, 0.25) is 0 Å². The molecular weight excluding hydrogens is 368 g/mol. The van der Waals surface area contributed by atoms with Gasteiger partial charge in [0.25, 0.3) is 11.6 Å². The number of benzene rings is 2. The number of nitrogens with one attached hydrogen (secondary N) is 1. The number of para-hydroxylation sites is 2. The maximum atomic E-state index is 12.5. The van der Waals surface area contributed by atoms with E-state index in [9.17, 15) is 14.9 Å². The van der Waals surface area contributed by atoms with Gasteiger partial charge in [0.05, 0.1) is 12.0 Å². The fourth-order valence-electron chi connectivity index (χ4n) is 2.64. The van der Waals surface area contributed by atoms with E-state index in [2.05, 4.69) is 15.5 Å². The number of anilines is 1. The van der Waals surface area contributed by atoms with Crippen LogP contribution in [0.25, 0.3) is 0 Å². The molecule has 0 saturated carbocycles. The predicted molar refractivity (Wildman–Crippen MR) is 101 cm³/mol. The molecule has 8 nitrogen and oxygen atoms in total. The molecule has 3 aromatic rings. The topological polar surface area (TPSA) is 107 Å². The molecule has 1 heterocycles. The summed E-state index contributed by atoms with van der Waals surface area (Å²) in [6.07, 6.45) is 0.502. The van der Waals surface area contributed by atoms with Gasteiger partial charge in [-0.15, -0.1) is 10.2 Å². The summed E-state index contributed by atoms with van der Waals surface area (Å²) in [6.45, 7) is 1.59. The first-order valence-electron chi connectivity index (χ1n) is 7.99. The molecule has 1 amide bonds. The number of ether oxygens (including phenoxy) is 1. The molecule has 0 spiro atoms. The zero-order chi connectivity index (χ0) is 19.4. The minimum absolute atomic E-state index is 0.0125. The molecular formula is C18H16N4O4S. The quantitative estimate of drug-likeness (QED) is 0.514. The van der Waals surface area contributed by atoms with Crippen molar-refractivity contribution >= 4 is 28.1 Å². The van der Waals surface area contributed by atoms with E-state index in [1.54, 1.807) is 26.2 Å². The fourth-order valence-corrected chi connectivity index (χ4v) is 3.39. The Balaban J connectivity index is 1.78. The number of methoxy groups -OCH3 is 1. The van der Waals surface area contributed by atoms with Crippen LogP contribution in [0.5, 0.6) is 5.75 Å². The van der Waals surface area contributed by atoms with Crippen LogP contribution in [0.15, 0.2) is 42.5 Å². The number of hydrogen-bond acceptors (Lipinski definition) is 7. The summed E-state index contributed by atoms with van der Waals surface area (Å²) in [5, 5.41) is 22.8. The van der Waals surface area contributed by atoms with Crippen molar-refractivity contribution in [2.75, 3.05) is 12.4 Å². The summed E-state index contributed by atoms with van der Waals surface area (Å²) in [7, 11) is 1.60. The first-order chi connectivity index (χ1) is 13.0. The van der Waals surface area contributed by atoms with E-state index in [1.807, 2.05) is 24.3 Å². The standard InChI is InChI=1S/C18H16N4O4S/c1-11-6-5-8-13(16(11)22(24)25)17(23)19-18-21-20-15(27-18)10-12-7-3-4-9-14(12)26-2/h3-9H,10H2,1-2H3,(H,19,21,23). The monoisotopic (exact) mass is 384 g/mol. The van der Waals surface area contributed by atoms with Gasteiger partial charge in [-0.25, -0.2) is 0 Å². The van der Waals surface area contributed by atoms with Crippen molar-refractivity contribution < 1.29 is 14.5 Å². The van der Waals surface area contributed by atoms with E-state index >= 15 is 0 Å². The first kappa shape index (κ1) is 18.5. The Kier molecular flexibility index (Phi) is 5.41. The van der Waals surface area contributed by atoms with Crippen molar-refractivity contribution in [3.05, 3.63) is 74.3 Å².